The summed E-state index contributed by atoms with van der Waals surface area (Å²) in [4.78, 5) is 66.7. The summed E-state index contributed by atoms with van der Waals surface area (Å²) in [5, 5.41) is 8.52. The monoisotopic (exact) mass is 533 g/mol. The van der Waals surface area contributed by atoms with E-state index in [9.17, 15) is 24.0 Å². The van der Waals surface area contributed by atoms with E-state index in [1.54, 1.807) is 4.90 Å². The summed E-state index contributed by atoms with van der Waals surface area (Å²) in [6, 6.07) is -3.14. The number of urea groups is 1. The minimum atomic E-state index is -1.07. The smallest absolute Gasteiger partial charge is 0.315 e. The summed E-state index contributed by atoms with van der Waals surface area (Å²) in [6.07, 6.45) is 4.12. The first-order valence-corrected chi connectivity index (χ1v) is 13.9. The maximum absolute atomic E-state index is 14.1. The van der Waals surface area contributed by atoms with Crippen LogP contribution in [0.2, 0.25) is 0 Å². The van der Waals surface area contributed by atoms with E-state index in [2.05, 4.69) is 16.0 Å². The number of likely N-dealkylation sites (tertiary alicyclic amines) is 1. The molecule has 1 aliphatic heterocycles. The molecule has 5 amide bonds. The fourth-order valence-electron chi connectivity index (χ4n) is 6.23. The number of Topliss-reactive ketones (excluding diaryl/α,β-unsaturated/α-hetero) is 1. The number of hydrogen-bond acceptors (Lipinski definition) is 5. The molecule has 2 saturated carbocycles. The van der Waals surface area contributed by atoms with Crippen LogP contribution in [0.1, 0.15) is 87.5 Å². The highest BCUT2D eigenvalue weighted by Gasteiger charge is 2.70. The average Bonchev–Trinajstić information content (AvgIpc) is 3.35. The highest BCUT2D eigenvalue weighted by atomic mass is 16.2. The number of rotatable bonds is 9. The molecule has 214 valence electrons. The third kappa shape index (κ3) is 6.15. The number of ketones is 1. The van der Waals surface area contributed by atoms with Crippen LogP contribution < -0.4 is 21.7 Å². The molecule has 2 aliphatic carbocycles. The van der Waals surface area contributed by atoms with E-state index < -0.39 is 58.1 Å². The van der Waals surface area contributed by atoms with Crippen molar-refractivity contribution in [2.24, 2.45) is 34.3 Å². The zero-order chi connectivity index (χ0) is 28.8. The second-order valence-electron chi connectivity index (χ2n) is 14.0. The number of nitrogens with zero attached hydrogens (tertiary/aromatic N) is 1. The van der Waals surface area contributed by atoms with E-state index in [0.717, 1.165) is 25.7 Å². The van der Waals surface area contributed by atoms with E-state index in [1.165, 1.54) is 0 Å². The molecule has 10 nitrogen and oxygen atoms in total. The van der Waals surface area contributed by atoms with Gasteiger partial charge in [0.1, 0.15) is 12.1 Å². The van der Waals surface area contributed by atoms with Crippen molar-refractivity contribution >= 4 is 29.5 Å². The molecule has 0 radical (unpaired) electrons. The van der Waals surface area contributed by atoms with Gasteiger partial charge in [0.25, 0.3) is 5.91 Å². The Hall–Kier alpha value is -2.65. The lowest BCUT2D eigenvalue weighted by Gasteiger charge is -2.39. The predicted octanol–water partition coefficient (Wildman–Crippen LogP) is 2.10. The molecule has 3 aliphatic rings. The van der Waals surface area contributed by atoms with Gasteiger partial charge >= 0.3 is 6.03 Å². The Morgan fingerprint density at radius 1 is 1.00 bits per heavy atom. The first-order valence-electron chi connectivity index (χ1n) is 13.9. The van der Waals surface area contributed by atoms with Crippen molar-refractivity contribution in [1.29, 1.82) is 0 Å². The molecule has 0 unspecified atom stereocenters. The number of piperidine rings is 1. The first-order chi connectivity index (χ1) is 17.4. The third-order valence-corrected chi connectivity index (χ3v) is 8.59. The van der Waals surface area contributed by atoms with Crippen LogP contribution in [-0.2, 0) is 19.2 Å². The van der Waals surface area contributed by atoms with Crippen molar-refractivity contribution in [3.63, 3.8) is 0 Å². The van der Waals surface area contributed by atoms with Crippen molar-refractivity contribution in [3.05, 3.63) is 0 Å². The zero-order valence-corrected chi connectivity index (χ0v) is 24.3. The minimum absolute atomic E-state index is 0.114. The Morgan fingerprint density at radius 3 is 2.05 bits per heavy atom. The van der Waals surface area contributed by atoms with Crippen molar-refractivity contribution in [2.75, 3.05) is 6.54 Å². The van der Waals surface area contributed by atoms with Crippen molar-refractivity contribution in [1.82, 2.24) is 20.9 Å². The molecule has 3 rings (SSSR count). The summed E-state index contributed by atoms with van der Waals surface area (Å²) in [5.74, 6) is -2.11. The number of fused-ring (bicyclic) bond motifs is 1. The van der Waals surface area contributed by atoms with Crippen molar-refractivity contribution in [2.45, 2.75) is 111 Å². The van der Waals surface area contributed by atoms with Crippen LogP contribution in [0, 0.1) is 28.6 Å². The lowest BCUT2D eigenvalue weighted by atomic mass is 9.79. The zero-order valence-electron chi connectivity index (χ0n) is 24.3. The molecule has 5 atom stereocenters. The van der Waals surface area contributed by atoms with Gasteiger partial charge in [0, 0.05) is 17.5 Å². The number of amides is 5. The molecule has 0 bridgehead atoms. The minimum Gasteiger partial charge on any atom is -0.363 e. The third-order valence-electron chi connectivity index (χ3n) is 8.59. The Morgan fingerprint density at radius 2 is 1.61 bits per heavy atom. The molecule has 38 heavy (non-hydrogen) atoms. The number of nitrogens with two attached hydrogens (primary N) is 1. The SMILES string of the molecule is CC(C)[C@@]12C[C@H]1CN(C(=O)[C@@H](NC(=O)NC(C)(C)C)C(C)(C)C)[C@@H]2C(=O)N[C@@H](CC1CCC1)C(=O)C(N)=O. The highest BCUT2D eigenvalue weighted by Crippen LogP contribution is 2.66. The van der Waals surface area contributed by atoms with E-state index in [0.29, 0.717) is 13.0 Å². The Kier molecular flexibility index (Phi) is 8.25. The molecule has 1 saturated heterocycles. The highest BCUT2D eigenvalue weighted by molar-refractivity contribution is 6.37. The standard InChI is InChI=1S/C28H47N5O5/c1-15(2)28-13-17(28)14-33(24(37)20(26(3,4)5)31-25(38)32-27(6,7)8)21(28)23(36)30-18(19(34)22(29)35)12-16-10-9-11-16/h15-18,20-21H,9-14H2,1-8H3,(H2,29,35)(H,30,36)(H2,31,32,38)/t17-,18-,20+,21+,28-/m0/s1. The van der Waals surface area contributed by atoms with Gasteiger partial charge < -0.3 is 26.6 Å². The van der Waals surface area contributed by atoms with Crippen LogP contribution in [0.5, 0.6) is 0 Å². The van der Waals surface area contributed by atoms with E-state index in [1.807, 2.05) is 55.4 Å². The van der Waals surface area contributed by atoms with Crippen LogP contribution in [0.15, 0.2) is 0 Å². The van der Waals surface area contributed by atoms with Gasteiger partial charge in [-0.05, 0) is 56.8 Å². The van der Waals surface area contributed by atoms with Gasteiger partial charge in [-0.2, -0.15) is 0 Å². The molecule has 0 aromatic rings. The van der Waals surface area contributed by atoms with E-state index >= 15 is 0 Å². The number of carbonyl (C=O) groups excluding carboxylic acids is 5. The summed E-state index contributed by atoms with van der Waals surface area (Å²) in [5.41, 5.74) is 3.79. The number of nitrogens with one attached hydrogen (secondary N) is 3. The largest absolute Gasteiger partial charge is 0.363 e. The predicted molar refractivity (Wildman–Crippen MR) is 144 cm³/mol. The first kappa shape index (κ1) is 29.9. The Bertz CT molecular complexity index is 977. The second kappa shape index (κ2) is 10.5. The van der Waals surface area contributed by atoms with Gasteiger partial charge in [-0.15, -0.1) is 0 Å². The molecule has 0 aromatic heterocycles. The normalized spacial score (nSPS) is 26.6. The maximum atomic E-state index is 14.1. The van der Waals surface area contributed by atoms with Crippen LogP contribution in [0.4, 0.5) is 4.79 Å². The fraction of sp³-hybridized carbons (Fsp3) is 0.821. The fourth-order valence-corrected chi connectivity index (χ4v) is 6.23. The molecular weight excluding hydrogens is 486 g/mol. The van der Waals surface area contributed by atoms with Gasteiger partial charge in [0.05, 0.1) is 6.04 Å². The van der Waals surface area contributed by atoms with Gasteiger partial charge in [-0.25, -0.2) is 4.79 Å². The van der Waals surface area contributed by atoms with Gasteiger partial charge in [-0.1, -0.05) is 53.9 Å². The number of carbonyl (C=O) groups is 5. The number of primary amides is 1. The summed E-state index contributed by atoms with van der Waals surface area (Å²) in [6.45, 7) is 15.7. The maximum Gasteiger partial charge on any atom is 0.315 e. The molecule has 5 N–H and O–H groups in total. The quantitative estimate of drug-likeness (QED) is 0.335. The van der Waals surface area contributed by atoms with Crippen LogP contribution in [0.25, 0.3) is 0 Å². The topological polar surface area (TPSA) is 151 Å². The summed E-state index contributed by atoms with van der Waals surface area (Å²) >= 11 is 0. The Balaban J connectivity index is 1.88. The molecule has 0 aromatic carbocycles. The van der Waals surface area contributed by atoms with E-state index in [4.69, 9.17) is 5.73 Å². The van der Waals surface area contributed by atoms with Gasteiger partial charge in [-0.3, -0.25) is 19.2 Å². The number of hydrogen-bond donors (Lipinski definition) is 4. The van der Waals surface area contributed by atoms with Crippen LogP contribution in [0.3, 0.4) is 0 Å². The van der Waals surface area contributed by atoms with Crippen LogP contribution >= 0.6 is 0 Å². The second-order valence-corrected chi connectivity index (χ2v) is 14.0. The lowest BCUT2D eigenvalue weighted by Crippen LogP contribution is -2.63. The molecule has 3 fully saturated rings. The molecule has 0 spiro atoms. The summed E-state index contributed by atoms with van der Waals surface area (Å²) in [7, 11) is 0. The Labute approximate surface area is 226 Å². The molecular formula is C28H47N5O5. The van der Waals surface area contributed by atoms with Gasteiger partial charge in [0.15, 0.2) is 0 Å². The molecule has 1 heterocycles. The summed E-state index contributed by atoms with van der Waals surface area (Å²) < 4.78 is 0. The lowest BCUT2D eigenvalue weighted by molar-refractivity contribution is -0.146. The molecule has 10 heteroatoms. The van der Waals surface area contributed by atoms with E-state index in [-0.39, 0.29) is 23.7 Å². The van der Waals surface area contributed by atoms with Crippen molar-refractivity contribution in [3.8, 4) is 0 Å². The van der Waals surface area contributed by atoms with Crippen LogP contribution in [-0.4, -0.2) is 64.6 Å². The average molecular weight is 534 g/mol. The van der Waals surface area contributed by atoms with Gasteiger partial charge in [0.2, 0.25) is 17.6 Å². The van der Waals surface area contributed by atoms with Crippen molar-refractivity contribution < 1.29 is 24.0 Å².